The number of rotatable bonds is 3. The van der Waals surface area contributed by atoms with Gasteiger partial charge in [-0.3, -0.25) is 34.3 Å². The molecule has 8 heteroatoms. The van der Waals surface area contributed by atoms with Crippen molar-refractivity contribution in [3.05, 3.63) is 34.9 Å². The number of hydrogen-bond donors (Lipinski definition) is 2. The molecule has 2 unspecified atom stereocenters. The maximum absolute atomic E-state index is 12.9. The fraction of sp³-hybridized carbons (Fsp3) is 0.524. The molecule has 0 aliphatic carbocycles. The van der Waals surface area contributed by atoms with Crippen LogP contribution in [0.3, 0.4) is 0 Å². The summed E-state index contributed by atoms with van der Waals surface area (Å²) in [5.41, 5.74) is 7.81. The third kappa shape index (κ3) is 3.47. The third-order valence-electron chi connectivity index (χ3n) is 6.30. The number of benzene rings is 1. The molecule has 3 heterocycles. The Kier molecular flexibility index (Phi) is 4.78. The van der Waals surface area contributed by atoms with Crippen LogP contribution in [-0.2, 0) is 16.1 Å². The predicted molar refractivity (Wildman–Crippen MR) is 105 cm³/mol. The molecule has 29 heavy (non-hydrogen) atoms. The standard InChI is InChI=1S/C21H26N4O4/c1-21(2)11-24(8-7-16(21)22)10-12-3-4-13-14(9-12)20(29)25(19(13)28)15-5-6-17(26)23-18(15)27/h3-4,9,15-16H,5-8,10-11,22H2,1-2H3,(H,23,26,27). The van der Waals surface area contributed by atoms with Crippen molar-refractivity contribution in [2.24, 2.45) is 11.1 Å². The second-order valence-corrected chi connectivity index (χ2v) is 8.92. The topological polar surface area (TPSA) is 113 Å². The summed E-state index contributed by atoms with van der Waals surface area (Å²) in [6.07, 6.45) is 1.19. The number of piperidine rings is 2. The van der Waals surface area contributed by atoms with Gasteiger partial charge in [0.05, 0.1) is 11.1 Å². The van der Waals surface area contributed by atoms with Gasteiger partial charge >= 0.3 is 0 Å². The van der Waals surface area contributed by atoms with Gasteiger partial charge in [0.25, 0.3) is 11.8 Å². The number of carbonyl (C=O) groups excluding carboxylic acids is 4. The lowest BCUT2D eigenvalue weighted by molar-refractivity contribution is -0.136. The number of likely N-dealkylation sites (tertiary alicyclic amines) is 1. The summed E-state index contributed by atoms with van der Waals surface area (Å²) in [5, 5.41) is 2.21. The fourth-order valence-corrected chi connectivity index (χ4v) is 4.49. The largest absolute Gasteiger partial charge is 0.327 e. The highest BCUT2D eigenvalue weighted by Gasteiger charge is 2.44. The summed E-state index contributed by atoms with van der Waals surface area (Å²) in [4.78, 5) is 52.6. The number of fused-ring (bicyclic) bond motifs is 1. The minimum absolute atomic E-state index is 0.0172. The van der Waals surface area contributed by atoms with Crippen molar-refractivity contribution in [2.75, 3.05) is 13.1 Å². The van der Waals surface area contributed by atoms with Gasteiger partial charge in [-0.05, 0) is 36.0 Å². The predicted octanol–water partition coefficient (Wildman–Crippen LogP) is 0.647. The minimum atomic E-state index is -0.937. The third-order valence-corrected chi connectivity index (χ3v) is 6.30. The highest BCUT2D eigenvalue weighted by atomic mass is 16.2. The fourth-order valence-electron chi connectivity index (χ4n) is 4.49. The van der Waals surface area contributed by atoms with E-state index in [1.807, 2.05) is 6.07 Å². The number of amides is 4. The number of imide groups is 2. The average molecular weight is 398 g/mol. The SMILES string of the molecule is CC1(C)CN(Cc2ccc3c(c2)C(=O)N(C2CCC(=O)NC2=O)C3=O)CCC1N. The van der Waals surface area contributed by atoms with Gasteiger partial charge in [0, 0.05) is 32.1 Å². The maximum atomic E-state index is 12.9. The van der Waals surface area contributed by atoms with Gasteiger partial charge in [-0.2, -0.15) is 0 Å². The molecule has 8 nitrogen and oxygen atoms in total. The van der Waals surface area contributed by atoms with Crippen LogP contribution in [0.5, 0.6) is 0 Å². The van der Waals surface area contributed by atoms with Crippen molar-refractivity contribution in [1.29, 1.82) is 0 Å². The Labute approximate surface area is 169 Å². The van der Waals surface area contributed by atoms with Crippen molar-refractivity contribution >= 4 is 23.6 Å². The van der Waals surface area contributed by atoms with E-state index >= 15 is 0 Å². The first-order chi connectivity index (χ1) is 13.7. The molecule has 0 aromatic heterocycles. The molecule has 1 aromatic rings. The highest BCUT2D eigenvalue weighted by Crippen LogP contribution is 2.31. The van der Waals surface area contributed by atoms with Crippen LogP contribution in [0.1, 0.15) is 59.4 Å². The molecule has 154 valence electrons. The zero-order valence-electron chi connectivity index (χ0n) is 16.7. The van der Waals surface area contributed by atoms with Crippen molar-refractivity contribution < 1.29 is 19.2 Å². The van der Waals surface area contributed by atoms with Gasteiger partial charge in [0.15, 0.2) is 0 Å². The van der Waals surface area contributed by atoms with Crippen LogP contribution in [0, 0.1) is 5.41 Å². The summed E-state index contributed by atoms with van der Waals surface area (Å²) in [7, 11) is 0. The second-order valence-electron chi connectivity index (χ2n) is 8.92. The number of nitrogens with zero attached hydrogens (tertiary/aromatic N) is 2. The summed E-state index contributed by atoms with van der Waals surface area (Å²) in [5.74, 6) is -1.92. The molecule has 0 radical (unpaired) electrons. The monoisotopic (exact) mass is 398 g/mol. The lowest BCUT2D eigenvalue weighted by Crippen LogP contribution is -2.54. The molecular weight excluding hydrogens is 372 g/mol. The average Bonchev–Trinajstić information content (AvgIpc) is 2.89. The first-order valence-corrected chi connectivity index (χ1v) is 10.00. The van der Waals surface area contributed by atoms with Gasteiger partial charge in [-0.25, -0.2) is 0 Å². The Morgan fingerprint density at radius 3 is 2.52 bits per heavy atom. The van der Waals surface area contributed by atoms with E-state index < -0.39 is 23.8 Å². The zero-order valence-corrected chi connectivity index (χ0v) is 16.7. The molecule has 2 saturated heterocycles. The Morgan fingerprint density at radius 2 is 1.83 bits per heavy atom. The van der Waals surface area contributed by atoms with E-state index in [1.54, 1.807) is 12.1 Å². The van der Waals surface area contributed by atoms with E-state index in [0.29, 0.717) is 17.7 Å². The molecule has 3 aliphatic rings. The van der Waals surface area contributed by atoms with E-state index in [9.17, 15) is 19.2 Å². The van der Waals surface area contributed by atoms with Gasteiger partial charge < -0.3 is 5.73 Å². The number of hydrogen-bond acceptors (Lipinski definition) is 6. The molecule has 0 spiro atoms. The van der Waals surface area contributed by atoms with E-state index in [4.69, 9.17) is 5.73 Å². The minimum Gasteiger partial charge on any atom is -0.327 e. The van der Waals surface area contributed by atoms with Crippen molar-refractivity contribution in [1.82, 2.24) is 15.1 Å². The quantitative estimate of drug-likeness (QED) is 0.723. The van der Waals surface area contributed by atoms with Crippen LogP contribution in [0.25, 0.3) is 0 Å². The van der Waals surface area contributed by atoms with Crippen LogP contribution >= 0.6 is 0 Å². The Hall–Kier alpha value is -2.58. The van der Waals surface area contributed by atoms with E-state index in [2.05, 4.69) is 24.1 Å². The molecule has 3 N–H and O–H groups in total. The van der Waals surface area contributed by atoms with E-state index in [1.165, 1.54) is 0 Å². The first kappa shape index (κ1) is 19.7. The van der Waals surface area contributed by atoms with Gasteiger partial charge in [-0.1, -0.05) is 19.9 Å². The molecule has 4 rings (SSSR count). The molecule has 4 amide bonds. The van der Waals surface area contributed by atoms with Gasteiger partial charge in [-0.15, -0.1) is 0 Å². The van der Waals surface area contributed by atoms with Crippen LogP contribution in [0.15, 0.2) is 18.2 Å². The molecule has 0 bridgehead atoms. The van der Waals surface area contributed by atoms with Gasteiger partial charge in [0.2, 0.25) is 11.8 Å². The van der Waals surface area contributed by atoms with Crippen molar-refractivity contribution in [2.45, 2.75) is 51.7 Å². The smallest absolute Gasteiger partial charge is 0.262 e. The summed E-state index contributed by atoms with van der Waals surface area (Å²) < 4.78 is 0. The van der Waals surface area contributed by atoms with Crippen LogP contribution in [0.4, 0.5) is 0 Å². The number of nitrogens with one attached hydrogen (secondary N) is 1. The normalized spacial score (nSPS) is 27.2. The second kappa shape index (κ2) is 7.03. The van der Waals surface area contributed by atoms with Crippen LogP contribution < -0.4 is 11.1 Å². The summed E-state index contributed by atoms with van der Waals surface area (Å²) in [6, 6.07) is 4.51. The lowest BCUT2D eigenvalue weighted by Gasteiger charge is -2.42. The zero-order chi connectivity index (χ0) is 20.9. The van der Waals surface area contributed by atoms with E-state index in [0.717, 1.165) is 30.0 Å². The van der Waals surface area contributed by atoms with Crippen molar-refractivity contribution in [3.63, 3.8) is 0 Å². The summed E-state index contributed by atoms with van der Waals surface area (Å²) >= 11 is 0. The Morgan fingerprint density at radius 1 is 1.10 bits per heavy atom. The van der Waals surface area contributed by atoms with Crippen LogP contribution in [-0.4, -0.2) is 58.6 Å². The molecule has 0 saturated carbocycles. The number of nitrogens with two attached hydrogens (primary N) is 1. The summed E-state index contributed by atoms with van der Waals surface area (Å²) in [6.45, 7) is 6.74. The maximum Gasteiger partial charge on any atom is 0.262 e. The number of carbonyl (C=O) groups is 4. The van der Waals surface area contributed by atoms with Crippen molar-refractivity contribution in [3.8, 4) is 0 Å². The van der Waals surface area contributed by atoms with Gasteiger partial charge in [0.1, 0.15) is 6.04 Å². The van der Waals surface area contributed by atoms with Crippen LogP contribution in [0.2, 0.25) is 0 Å². The molecule has 3 aliphatic heterocycles. The Balaban J connectivity index is 1.53. The molecule has 2 fully saturated rings. The molecular formula is C21H26N4O4. The Bertz CT molecular complexity index is 910. The highest BCUT2D eigenvalue weighted by molar-refractivity contribution is 6.23. The molecule has 1 aromatic carbocycles. The van der Waals surface area contributed by atoms with E-state index in [-0.39, 0.29) is 30.2 Å². The lowest BCUT2D eigenvalue weighted by atomic mass is 9.79. The first-order valence-electron chi connectivity index (χ1n) is 10.00. The molecule has 2 atom stereocenters.